The fraction of sp³-hybridized carbons (Fsp3) is 0.875. The summed E-state index contributed by atoms with van der Waals surface area (Å²) >= 11 is 0. The van der Waals surface area contributed by atoms with Crippen molar-refractivity contribution in [2.45, 2.75) is 83.5 Å². The molecule has 3 atom stereocenters. The monoisotopic (exact) mass is 331 g/mol. The molecule has 0 spiro atoms. The lowest BCUT2D eigenvalue weighted by atomic mass is 9.89. The molecule has 3 unspecified atom stereocenters. The average Bonchev–Trinajstić information content (AvgIpc) is 2.66. The van der Waals surface area contributed by atoms with Crippen molar-refractivity contribution in [3.05, 3.63) is 0 Å². The van der Waals surface area contributed by atoms with E-state index in [4.69, 9.17) is 0 Å². The molecule has 0 aromatic heterocycles. The predicted molar refractivity (Wildman–Crippen MR) is 90.0 cm³/mol. The van der Waals surface area contributed by atoms with Crippen LogP contribution in [0.2, 0.25) is 0 Å². The van der Waals surface area contributed by atoms with E-state index in [0.717, 1.165) is 12.8 Å². The maximum Gasteiger partial charge on any atom is 0.242 e. The number of piperidine rings is 1. The van der Waals surface area contributed by atoms with Gasteiger partial charge in [0, 0.05) is 24.0 Å². The maximum atomic E-state index is 12.1. The Morgan fingerprint density at radius 2 is 1.73 bits per heavy atom. The SMILES string of the molecule is CC(NC(=O)CC1CC2CCC(C1)N2)C(=O)NC(C)(C)C.Cl. The number of hydrogen-bond donors (Lipinski definition) is 3. The number of carbonyl (C=O) groups is 2. The fourth-order valence-corrected chi connectivity index (χ4v) is 3.45. The molecule has 6 heteroatoms. The van der Waals surface area contributed by atoms with Gasteiger partial charge in [-0.3, -0.25) is 9.59 Å². The van der Waals surface area contributed by atoms with Crippen LogP contribution < -0.4 is 16.0 Å². The lowest BCUT2D eigenvalue weighted by Gasteiger charge is -2.29. The second-order valence-electron chi connectivity index (χ2n) is 7.71. The Morgan fingerprint density at radius 3 is 2.23 bits per heavy atom. The highest BCUT2D eigenvalue weighted by molar-refractivity contribution is 5.87. The first-order valence-electron chi connectivity index (χ1n) is 8.10. The third-order valence-corrected chi connectivity index (χ3v) is 4.31. The number of rotatable bonds is 4. The molecule has 2 aliphatic heterocycles. The molecule has 5 nitrogen and oxygen atoms in total. The first-order chi connectivity index (χ1) is 9.73. The molecule has 128 valence electrons. The van der Waals surface area contributed by atoms with Gasteiger partial charge in [0.05, 0.1) is 0 Å². The largest absolute Gasteiger partial charge is 0.350 e. The molecular weight excluding hydrogens is 302 g/mol. The van der Waals surface area contributed by atoms with Gasteiger partial charge in [0.15, 0.2) is 0 Å². The standard InChI is InChI=1S/C16H29N3O2.ClH/c1-10(15(21)19-16(2,3)4)17-14(20)9-11-7-12-5-6-13(8-11)18-12;/h10-13,18H,5-9H2,1-4H3,(H,17,20)(H,19,21);1H. The van der Waals surface area contributed by atoms with Gasteiger partial charge in [0.2, 0.25) is 11.8 Å². The molecule has 2 aliphatic rings. The average molecular weight is 332 g/mol. The zero-order chi connectivity index (χ0) is 15.6. The van der Waals surface area contributed by atoms with E-state index in [9.17, 15) is 9.59 Å². The second kappa shape index (κ2) is 7.64. The van der Waals surface area contributed by atoms with Crippen molar-refractivity contribution in [3.8, 4) is 0 Å². The van der Waals surface area contributed by atoms with Gasteiger partial charge >= 0.3 is 0 Å². The van der Waals surface area contributed by atoms with Crippen LogP contribution in [0.5, 0.6) is 0 Å². The number of fused-ring (bicyclic) bond motifs is 2. The molecule has 0 aromatic rings. The molecule has 0 radical (unpaired) electrons. The van der Waals surface area contributed by atoms with Crippen molar-refractivity contribution in [1.29, 1.82) is 0 Å². The van der Waals surface area contributed by atoms with Gasteiger partial charge in [-0.15, -0.1) is 12.4 Å². The summed E-state index contributed by atoms with van der Waals surface area (Å²) < 4.78 is 0. The van der Waals surface area contributed by atoms with Gasteiger partial charge in [-0.05, 0) is 59.3 Å². The summed E-state index contributed by atoms with van der Waals surface area (Å²) in [5, 5.41) is 9.30. The number of halogens is 1. The van der Waals surface area contributed by atoms with Gasteiger partial charge < -0.3 is 16.0 Å². The molecular formula is C16H30ClN3O2. The number of carbonyl (C=O) groups excluding carboxylic acids is 2. The van der Waals surface area contributed by atoms with E-state index in [-0.39, 0.29) is 29.8 Å². The van der Waals surface area contributed by atoms with E-state index in [1.807, 2.05) is 20.8 Å². The van der Waals surface area contributed by atoms with Gasteiger partial charge in [0.1, 0.15) is 6.04 Å². The van der Waals surface area contributed by atoms with Crippen LogP contribution >= 0.6 is 12.4 Å². The van der Waals surface area contributed by atoms with Crippen LogP contribution in [0.1, 0.15) is 59.8 Å². The van der Waals surface area contributed by atoms with E-state index < -0.39 is 6.04 Å². The quantitative estimate of drug-likeness (QED) is 0.735. The van der Waals surface area contributed by atoms with Crippen LogP contribution in [0, 0.1) is 5.92 Å². The summed E-state index contributed by atoms with van der Waals surface area (Å²) in [6.07, 6.45) is 5.21. The summed E-state index contributed by atoms with van der Waals surface area (Å²) in [5.41, 5.74) is -0.274. The molecule has 2 rings (SSSR count). The molecule has 2 amide bonds. The highest BCUT2D eigenvalue weighted by atomic mass is 35.5. The van der Waals surface area contributed by atoms with E-state index in [1.54, 1.807) is 6.92 Å². The second-order valence-corrected chi connectivity index (χ2v) is 7.71. The summed E-state index contributed by atoms with van der Waals surface area (Å²) in [4.78, 5) is 24.1. The number of hydrogen-bond acceptors (Lipinski definition) is 3. The predicted octanol–water partition coefficient (Wildman–Crippen LogP) is 1.75. The fourth-order valence-electron chi connectivity index (χ4n) is 3.45. The van der Waals surface area contributed by atoms with E-state index in [2.05, 4.69) is 16.0 Å². The number of amides is 2. The van der Waals surface area contributed by atoms with Crippen LogP contribution in [0.25, 0.3) is 0 Å². The van der Waals surface area contributed by atoms with Crippen molar-refractivity contribution in [3.63, 3.8) is 0 Å². The van der Waals surface area contributed by atoms with Crippen molar-refractivity contribution >= 4 is 24.2 Å². The molecule has 0 saturated carbocycles. The van der Waals surface area contributed by atoms with Crippen LogP contribution in [0.15, 0.2) is 0 Å². The molecule has 2 fully saturated rings. The van der Waals surface area contributed by atoms with Gasteiger partial charge in [0.25, 0.3) is 0 Å². The first-order valence-corrected chi connectivity index (χ1v) is 8.10. The highest BCUT2D eigenvalue weighted by Crippen LogP contribution is 2.32. The summed E-state index contributed by atoms with van der Waals surface area (Å²) in [7, 11) is 0. The van der Waals surface area contributed by atoms with Crippen molar-refractivity contribution in [2.24, 2.45) is 5.92 Å². The van der Waals surface area contributed by atoms with Crippen molar-refractivity contribution in [2.75, 3.05) is 0 Å². The minimum atomic E-state index is -0.477. The van der Waals surface area contributed by atoms with Gasteiger partial charge in [-0.2, -0.15) is 0 Å². The summed E-state index contributed by atoms with van der Waals surface area (Å²) in [6.45, 7) is 7.55. The van der Waals surface area contributed by atoms with Crippen LogP contribution in [-0.4, -0.2) is 35.5 Å². The zero-order valence-electron chi connectivity index (χ0n) is 14.1. The first kappa shape index (κ1) is 19.2. The normalized spacial score (nSPS) is 28.5. The topological polar surface area (TPSA) is 70.2 Å². The Morgan fingerprint density at radius 1 is 1.18 bits per heavy atom. The number of nitrogens with one attached hydrogen (secondary N) is 3. The molecule has 0 aromatic carbocycles. The Kier molecular flexibility index (Phi) is 6.68. The molecule has 2 heterocycles. The Hall–Kier alpha value is -0.810. The lowest BCUT2D eigenvalue weighted by molar-refractivity contribution is -0.130. The third-order valence-electron chi connectivity index (χ3n) is 4.31. The van der Waals surface area contributed by atoms with Crippen LogP contribution in [0.3, 0.4) is 0 Å². The van der Waals surface area contributed by atoms with E-state index >= 15 is 0 Å². The minimum Gasteiger partial charge on any atom is -0.350 e. The van der Waals surface area contributed by atoms with E-state index in [1.165, 1.54) is 12.8 Å². The van der Waals surface area contributed by atoms with E-state index in [0.29, 0.717) is 24.4 Å². The lowest BCUT2D eigenvalue weighted by Crippen LogP contribution is -2.51. The highest BCUT2D eigenvalue weighted by Gasteiger charge is 2.34. The Bertz CT molecular complexity index is 397. The van der Waals surface area contributed by atoms with Crippen LogP contribution in [-0.2, 0) is 9.59 Å². The molecule has 2 saturated heterocycles. The molecule has 22 heavy (non-hydrogen) atoms. The third kappa shape index (κ3) is 5.76. The molecule has 3 N–H and O–H groups in total. The van der Waals surface area contributed by atoms with Crippen LogP contribution in [0.4, 0.5) is 0 Å². The maximum absolute atomic E-state index is 12.1. The van der Waals surface area contributed by atoms with Crippen molar-refractivity contribution in [1.82, 2.24) is 16.0 Å². The summed E-state index contributed by atoms with van der Waals surface area (Å²) in [6, 6.07) is 0.724. The Labute approximate surface area is 139 Å². The molecule has 0 aliphatic carbocycles. The minimum absolute atomic E-state index is 0. The van der Waals surface area contributed by atoms with Gasteiger partial charge in [-0.25, -0.2) is 0 Å². The van der Waals surface area contributed by atoms with Gasteiger partial charge in [-0.1, -0.05) is 0 Å². The Balaban J connectivity index is 0.00000242. The molecule has 2 bridgehead atoms. The zero-order valence-corrected chi connectivity index (χ0v) is 14.9. The van der Waals surface area contributed by atoms with Crippen molar-refractivity contribution < 1.29 is 9.59 Å². The smallest absolute Gasteiger partial charge is 0.242 e. The summed E-state index contributed by atoms with van der Waals surface area (Å²) in [5.74, 6) is 0.334.